The minimum Gasteiger partial charge on any atom is -0.492 e. The summed E-state index contributed by atoms with van der Waals surface area (Å²) in [4.78, 5) is 0. The van der Waals surface area contributed by atoms with Gasteiger partial charge in [-0.2, -0.15) is 13.2 Å². The molecule has 0 aromatic heterocycles. The number of hydrogen-bond acceptors (Lipinski definition) is 1. The van der Waals surface area contributed by atoms with Gasteiger partial charge in [0.15, 0.2) is 0 Å². The SMILES string of the molecule is C=C(COc1cccc(C(F)(F)F)c1)[B-](F)(F)F. The molecule has 0 fully saturated rings. The number of alkyl halides is 3. The molecule has 100 valence electrons. The van der Waals surface area contributed by atoms with E-state index in [1.165, 1.54) is 0 Å². The van der Waals surface area contributed by atoms with Crippen LogP contribution < -0.4 is 4.74 Å². The van der Waals surface area contributed by atoms with Crippen LogP contribution in [0.5, 0.6) is 5.75 Å². The summed E-state index contributed by atoms with van der Waals surface area (Å²) < 4.78 is 77.9. The molecule has 1 nitrogen and oxygen atoms in total. The molecule has 0 N–H and O–H groups in total. The van der Waals surface area contributed by atoms with Crippen LogP contribution in [0.15, 0.2) is 36.3 Å². The molecule has 8 heteroatoms. The minimum absolute atomic E-state index is 0.286. The minimum atomic E-state index is -5.25. The molecular weight excluding hydrogens is 261 g/mol. The van der Waals surface area contributed by atoms with Gasteiger partial charge in [0.1, 0.15) is 5.75 Å². The lowest BCUT2D eigenvalue weighted by atomic mass is 9.81. The van der Waals surface area contributed by atoms with Crippen LogP contribution in [-0.4, -0.2) is 13.6 Å². The van der Waals surface area contributed by atoms with Gasteiger partial charge in [0.25, 0.3) is 0 Å². The first-order valence-corrected chi connectivity index (χ1v) is 4.78. The van der Waals surface area contributed by atoms with Crippen molar-refractivity contribution in [3.05, 3.63) is 41.9 Å². The first-order valence-electron chi connectivity index (χ1n) is 4.78. The Morgan fingerprint density at radius 2 is 1.83 bits per heavy atom. The third kappa shape index (κ3) is 4.01. The highest BCUT2D eigenvalue weighted by atomic mass is 19.4. The van der Waals surface area contributed by atoms with Crippen molar-refractivity contribution in [1.82, 2.24) is 0 Å². The monoisotopic (exact) mass is 269 g/mol. The van der Waals surface area contributed by atoms with E-state index in [0.717, 1.165) is 18.2 Å². The zero-order valence-electron chi connectivity index (χ0n) is 8.98. The predicted octanol–water partition coefficient (Wildman–Crippen LogP) is 4.03. The standard InChI is InChI=1S/C10H8BF6O/c1-7(11(15,16)17)6-18-9-4-2-3-8(5-9)10(12,13)14/h2-5H,1,6H2/q-1. The molecule has 0 bridgehead atoms. The van der Waals surface area contributed by atoms with Crippen molar-refractivity contribution in [3.63, 3.8) is 0 Å². The smallest absolute Gasteiger partial charge is 0.492 e. The molecule has 0 saturated carbocycles. The van der Waals surface area contributed by atoms with Gasteiger partial charge in [-0.1, -0.05) is 6.07 Å². The molecule has 0 heterocycles. The van der Waals surface area contributed by atoms with Gasteiger partial charge in [-0.05, 0) is 18.2 Å². The molecule has 0 saturated heterocycles. The third-order valence-electron chi connectivity index (χ3n) is 2.05. The summed E-state index contributed by atoms with van der Waals surface area (Å²) >= 11 is 0. The molecule has 18 heavy (non-hydrogen) atoms. The Balaban J connectivity index is 2.73. The Morgan fingerprint density at radius 3 is 2.33 bits per heavy atom. The zero-order valence-corrected chi connectivity index (χ0v) is 8.98. The normalized spacial score (nSPS) is 12.3. The molecule has 0 aliphatic carbocycles. The second-order valence-corrected chi connectivity index (χ2v) is 3.55. The van der Waals surface area contributed by atoms with E-state index in [2.05, 4.69) is 11.3 Å². The first kappa shape index (κ1) is 14.5. The van der Waals surface area contributed by atoms with Crippen molar-refractivity contribution in [2.75, 3.05) is 6.61 Å². The lowest BCUT2D eigenvalue weighted by molar-refractivity contribution is -0.137. The van der Waals surface area contributed by atoms with E-state index in [9.17, 15) is 26.1 Å². The molecule has 0 radical (unpaired) electrons. The Hall–Kier alpha value is -1.60. The van der Waals surface area contributed by atoms with Gasteiger partial charge >= 0.3 is 13.2 Å². The van der Waals surface area contributed by atoms with Gasteiger partial charge in [-0.3, -0.25) is 0 Å². The number of benzene rings is 1. The van der Waals surface area contributed by atoms with Crippen molar-refractivity contribution in [1.29, 1.82) is 0 Å². The zero-order chi connectivity index (χ0) is 14.0. The topological polar surface area (TPSA) is 9.23 Å². The summed E-state index contributed by atoms with van der Waals surface area (Å²) in [6.07, 6.45) is -4.57. The largest absolute Gasteiger partial charge is 0.508 e. The molecule has 1 rings (SSSR count). The molecule has 1 aromatic carbocycles. The molecule has 0 unspecified atom stereocenters. The van der Waals surface area contributed by atoms with Gasteiger partial charge in [-0.15, -0.1) is 12.1 Å². The van der Waals surface area contributed by atoms with Crippen molar-refractivity contribution < 1.29 is 30.9 Å². The van der Waals surface area contributed by atoms with Crippen LogP contribution in [0.25, 0.3) is 0 Å². The maximum absolute atomic E-state index is 12.3. The quantitative estimate of drug-likeness (QED) is 0.592. The van der Waals surface area contributed by atoms with Crippen LogP contribution in [0.4, 0.5) is 26.1 Å². The van der Waals surface area contributed by atoms with E-state index in [-0.39, 0.29) is 5.75 Å². The maximum atomic E-state index is 12.3. The second-order valence-electron chi connectivity index (χ2n) is 3.55. The van der Waals surface area contributed by atoms with Crippen LogP contribution >= 0.6 is 0 Å². The number of hydrogen-bond donors (Lipinski definition) is 0. The molecule has 0 aliphatic heterocycles. The Labute approximate surface area is 99.1 Å². The van der Waals surface area contributed by atoms with Gasteiger partial charge in [0.2, 0.25) is 0 Å². The van der Waals surface area contributed by atoms with Crippen LogP contribution in [0.2, 0.25) is 0 Å². The summed E-state index contributed by atoms with van der Waals surface area (Å²) in [7, 11) is 0. The summed E-state index contributed by atoms with van der Waals surface area (Å²) in [5.41, 5.74) is -2.09. The predicted molar refractivity (Wildman–Crippen MR) is 55.2 cm³/mol. The maximum Gasteiger partial charge on any atom is 0.508 e. The first-order chi connectivity index (χ1) is 8.10. The molecule has 0 amide bonds. The van der Waals surface area contributed by atoms with Gasteiger partial charge in [-0.25, -0.2) is 0 Å². The third-order valence-corrected chi connectivity index (χ3v) is 2.05. The average Bonchev–Trinajstić information content (AvgIpc) is 2.23. The van der Waals surface area contributed by atoms with E-state index in [4.69, 9.17) is 0 Å². The molecule has 0 atom stereocenters. The lowest BCUT2D eigenvalue weighted by Crippen LogP contribution is -2.23. The van der Waals surface area contributed by atoms with E-state index in [1.54, 1.807) is 0 Å². The van der Waals surface area contributed by atoms with E-state index in [0.29, 0.717) is 6.07 Å². The second kappa shape index (κ2) is 4.95. The fraction of sp³-hybridized carbons (Fsp3) is 0.200. The van der Waals surface area contributed by atoms with Crippen LogP contribution in [-0.2, 0) is 6.18 Å². The number of rotatable bonds is 4. The summed E-state index contributed by atoms with van der Waals surface area (Å²) in [5.74, 6) is -0.286. The van der Waals surface area contributed by atoms with Crippen molar-refractivity contribution in [3.8, 4) is 5.75 Å². The molecular formula is C10H8BF6O-. The molecule has 0 spiro atoms. The number of ether oxygens (including phenoxy) is 1. The lowest BCUT2D eigenvalue weighted by Gasteiger charge is -2.18. The van der Waals surface area contributed by atoms with Crippen LogP contribution in [0.1, 0.15) is 5.56 Å². The van der Waals surface area contributed by atoms with Crippen molar-refractivity contribution in [2.24, 2.45) is 0 Å². The van der Waals surface area contributed by atoms with E-state index in [1.807, 2.05) is 0 Å². The van der Waals surface area contributed by atoms with Gasteiger partial charge in [0, 0.05) is 0 Å². The molecule has 1 aromatic rings. The highest BCUT2D eigenvalue weighted by Crippen LogP contribution is 2.31. The fourth-order valence-electron chi connectivity index (χ4n) is 1.03. The summed E-state index contributed by atoms with van der Waals surface area (Å²) in [6, 6.07) is 3.64. The van der Waals surface area contributed by atoms with Crippen molar-refractivity contribution >= 4 is 6.98 Å². The Bertz CT molecular complexity index is 437. The van der Waals surface area contributed by atoms with Gasteiger partial charge in [0.05, 0.1) is 12.2 Å². The Morgan fingerprint density at radius 1 is 1.22 bits per heavy atom. The van der Waals surface area contributed by atoms with Crippen LogP contribution in [0, 0.1) is 0 Å². The fourth-order valence-corrected chi connectivity index (χ4v) is 1.03. The number of halogens is 6. The van der Waals surface area contributed by atoms with Crippen molar-refractivity contribution in [2.45, 2.75) is 6.18 Å². The molecule has 0 aliphatic rings. The van der Waals surface area contributed by atoms with Gasteiger partial charge < -0.3 is 17.7 Å². The highest BCUT2D eigenvalue weighted by Gasteiger charge is 2.31. The van der Waals surface area contributed by atoms with E-state index < -0.39 is 30.8 Å². The van der Waals surface area contributed by atoms with Crippen LogP contribution in [0.3, 0.4) is 0 Å². The summed E-state index contributed by atoms with van der Waals surface area (Å²) in [5, 5.41) is 0. The summed E-state index contributed by atoms with van der Waals surface area (Å²) in [6.45, 7) is -3.36. The Kier molecular flexibility index (Phi) is 3.98. The highest BCUT2D eigenvalue weighted by molar-refractivity contribution is 6.66. The van der Waals surface area contributed by atoms with E-state index >= 15 is 0 Å². The average molecular weight is 269 g/mol.